The molecule has 0 atom stereocenters. The minimum Gasteiger partial charge on any atom is -0.351 e. The number of aromatic nitrogens is 3. The van der Waals surface area contributed by atoms with Crippen molar-refractivity contribution in [3.8, 4) is 0 Å². The molecule has 1 amide bonds. The number of rotatable bonds is 4. The van der Waals surface area contributed by atoms with Crippen LogP contribution in [0.25, 0.3) is 10.9 Å². The fraction of sp³-hybridized carbons (Fsp3) is 0.429. The molecule has 1 aliphatic heterocycles. The highest BCUT2D eigenvalue weighted by molar-refractivity contribution is 6.06. The number of benzene rings is 1. The SMILES string of the molecule is Cc1ccnn1CCN1CCCN(C(=O)c2cccc3c2ccn3C)CC1. The van der Waals surface area contributed by atoms with Crippen molar-refractivity contribution in [3.05, 3.63) is 54.0 Å². The number of hydrogen-bond donors (Lipinski definition) is 0. The molecule has 4 rings (SSSR count). The number of carbonyl (C=O) groups excluding carboxylic acids is 1. The van der Waals surface area contributed by atoms with Crippen molar-refractivity contribution in [1.29, 1.82) is 0 Å². The third-order valence-electron chi connectivity index (χ3n) is 5.59. The van der Waals surface area contributed by atoms with E-state index in [1.54, 1.807) is 0 Å². The summed E-state index contributed by atoms with van der Waals surface area (Å²) < 4.78 is 4.11. The molecule has 0 radical (unpaired) electrons. The van der Waals surface area contributed by atoms with Gasteiger partial charge in [-0.1, -0.05) is 6.07 Å². The summed E-state index contributed by atoms with van der Waals surface area (Å²) >= 11 is 0. The van der Waals surface area contributed by atoms with Crippen molar-refractivity contribution in [1.82, 2.24) is 24.1 Å². The van der Waals surface area contributed by atoms with E-state index < -0.39 is 0 Å². The van der Waals surface area contributed by atoms with Gasteiger partial charge in [0.25, 0.3) is 5.91 Å². The molecule has 27 heavy (non-hydrogen) atoms. The molecule has 1 aliphatic rings. The molecule has 1 fully saturated rings. The molecule has 0 spiro atoms. The molecule has 0 aliphatic carbocycles. The van der Waals surface area contributed by atoms with E-state index in [9.17, 15) is 4.79 Å². The second-order valence-corrected chi connectivity index (χ2v) is 7.35. The first-order valence-electron chi connectivity index (χ1n) is 9.67. The average molecular weight is 365 g/mol. The molecule has 1 aromatic carbocycles. The van der Waals surface area contributed by atoms with E-state index in [-0.39, 0.29) is 5.91 Å². The smallest absolute Gasteiger partial charge is 0.254 e. The summed E-state index contributed by atoms with van der Waals surface area (Å²) in [4.78, 5) is 17.6. The van der Waals surface area contributed by atoms with Crippen LogP contribution in [0.2, 0.25) is 0 Å². The van der Waals surface area contributed by atoms with E-state index in [2.05, 4.69) is 27.6 Å². The summed E-state index contributed by atoms with van der Waals surface area (Å²) in [6, 6.07) is 10.1. The van der Waals surface area contributed by atoms with Crippen LogP contribution in [0.3, 0.4) is 0 Å². The Balaban J connectivity index is 1.41. The lowest BCUT2D eigenvalue weighted by Gasteiger charge is -2.22. The fourth-order valence-electron chi connectivity index (χ4n) is 3.93. The molecule has 142 valence electrons. The molecule has 3 heterocycles. The predicted molar refractivity (Wildman–Crippen MR) is 107 cm³/mol. The van der Waals surface area contributed by atoms with Crippen molar-refractivity contribution in [2.24, 2.45) is 7.05 Å². The molecule has 0 N–H and O–H groups in total. The molecule has 0 saturated carbocycles. The lowest BCUT2D eigenvalue weighted by molar-refractivity contribution is 0.0763. The Kier molecular flexibility index (Phi) is 4.99. The van der Waals surface area contributed by atoms with Crippen molar-refractivity contribution in [2.45, 2.75) is 19.9 Å². The van der Waals surface area contributed by atoms with Gasteiger partial charge in [-0.25, -0.2) is 0 Å². The maximum Gasteiger partial charge on any atom is 0.254 e. The average Bonchev–Trinajstić information content (AvgIpc) is 3.17. The predicted octanol–water partition coefficient (Wildman–Crippen LogP) is 2.53. The first kappa shape index (κ1) is 17.8. The molecule has 6 heteroatoms. The van der Waals surface area contributed by atoms with Crippen LogP contribution >= 0.6 is 0 Å². The van der Waals surface area contributed by atoms with Crippen LogP contribution in [0.5, 0.6) is 0 Å². The summed E-state index contributed by atoms with van der Waals surface area (Å²) in [5.41, 5.74) is 3.11. The van der Waals surface area contributed by atoms with Crippen molar-refractivity contribution >= 4 is 16.8 Å². The Hall–Kier alpha value is -2.60. The van der Waals surface area contributed by atoms with Gasteiger partial charge in [-0.2, -0.15) is 5.10 Å². The Morgan fingerprint density at radius 3 is 2.78 bits per heavy atom. The van der Waals surface area contributed by atoms with Gasteiger partial charge < -0.3 is 9.47 Å². The monoisotopic (exact) mass is 365 g/mol. The largest absolute Gasteiger partial charge is 0.351 e. The zero-order valence-electron chi connectivity index (χ0n) is 16.1. The van der Waals surface area contributed by atoms with Gasteiger partial charge in [-0.05, 0) is 44.2 Å². The molecule has 0 bridgehead atoms. The van der Waals surface area contributed by atoms with Crippen LogP contribution in [0.1, 0.15) is 22.5 Å². The second-order valence-electron chi connectivity index (χ2n) is 7.35. The maximum atomic E-state index is 13.2. The molecular weight excluding hydrogens is 338 g/mol. The molecule has 0 unspecified atom stereocenters. The van der Waals surface area contributed by atoms with Gasteiger partial charge in [0.15, 0.2) is 0 Å². The van der Waals surface area contributed by atoms with Gasteiger partial charge >= 0.3 is 0 Å². The summed E-state index contributed by atoms with van der Waals surface area (Å²) in [6.07, 6.45) is 4.87. The lowest BCUT2D eigenvalue weighted by Crippen LogP contribution is -2.36. The van der Waals surface area contributed by atoms with Crippen LogP contribution in [0.4, 0.5) is 0 Å². The Morgan fingerprint density at radius 2 is 1.96 bits per heavy atom. The number of amides is 1. The van der Waals surface area contributed by atoms with Gasteiger partial charge in [0.05, 0.1) is 6.54 Å². The summed E-state index contributed by atoms with van der Waals surface area (Å²) in [5.74, 6) is 0.150. The van der Waals surface area contributed by atoms with Gasteiger partial charge in [0.2, 0.25) is 0 Å². The molecule has 2 aromatic heterocycles. The number of hydrogen-bond acceptors (Lipinski definition) is 3. The minimum absolute atomic E-state index is 0.150. The third-order valence-corrected chi connectivity index (χ3v) is 5.59. The van der Waals surface area contributed by atoms with Gasteiger partial charge in [0, 0.05) is 67.8 Å². The molecule has 1 saturated heterocycles. The molecular formula is C21H27N5O. The van der Waals surface area contributed by atoms with Crippen molar-refractivity contribution < 1.29 is 4.79 Å². The van der Waals surface area contributed by atoms with Crippen LogP contribution in [-0.4, -0.2) is 62.8 Å². The summed E-state index contributed by atoms with van der Waals surface area (Å²) in [5, 5.41) is 5.40. The third kappa shape index (κ3) is 3.62. The minimum atomic E-state index is 0.150. The highest BCUT2D eigenvalue weighted by Gasteiger charge is 2.22. The molecule has 3 aromatic rings. The van der Waals surface area contributed by atoms with Crippen LogP contribution in [-0.2, 0) is 13.6 Å². The summed E-state index contributed by atoms with van der Waals surface area (Å²) in [6.45, 7) is 7.49. The number of fused-ring (bicyclic) bond motifs is 1. The Labute approximate surface area is 160 Å². The number of carbonyl (C=O) groups is 1. The van der Waals surface area contributed by atoms with Crippen molar-refractivity contribution in [3.63, 3.8) is 0 Å². The van der Waals surface area contributed by atoms with Crippen molar-refractivity contribution in [2.75, 3.05) is 32.7 Å². The first-order valence-corrected chi connectivity index (χ1v) is 9.67. The first-order chi connectivity index (χ1) is 13.1. The zero-order chi connectivity index (χ0) is 18.8. The van der Waals surface area contributed by atoms with Crippen LogP contribution < -0.4 is 0 Å². The number of aryl methyl sites for hydroxylation is 2. The van der Waals surface area contributed by atoms with E-state index in [1.807, 2.05) is 53.3 Å². The highest BCUT2D eigenvalue weighted by Crippen LogP contribution is 2.21. The summed E-state index contributed by atoms with van der Waals surface area (Å²) in [7, 11) is 2.02. The highest BCUT2D eigenvalue weighted by atomic mass is 16.2. The van der Waals surface area contributed by atoms with E-state index in [0.29, 0.717) is 0 Å². The zero-order valence-corrected chi connectivity index (χ0v) is 16.1. The standard InChI is InChI=1S/C21H27N5O/c1-17-7-9-22-26(17)16-14-24-10-4-11-25(15-13-24)21(27)19-5-3-6-20-18(19)8-12-23(20)2/h3,5-9,12H,4,10-11,13-16H2,1-2H3. The van der Waals surface area contributed by atoms with E-state index in [1.165, 1.54) is 5.69 Å². The van der Waals surface area contributed by atoms with E-state index in [4.69, 9.17) is 0 Å². The van der Waals surface area contributed by atoms with Crippen LogP contribution in [0, 0.1) is 6.92 Å². The normalized spacial score (nSPS) is 16.0. The van der Waals surface area contributed by atoms with E-state index in [0.717, 1.165) is 62.2 Å². The second kappa shape index (κ2) is 7.56. The van der Waals surface area contributed by atoms with Gasteiger partial charge in [-0.15, -0.1) is 0 Å². The fourth-order valence-corrected chi connectivity index (χ4v) is 3.93. The van der Waals surface area contributed by atoms with E-state index >= 15 is 0 Å². The Bertz CT molecular complexity index is 941. The van der Waals surface area contributed by atoms with Crippen LogP contribution in [0.15, 0.2) is 42.7 Å². The quantitative estimate of drug-likeness (QED) is 0.714. The maximum absolute atomic E-state index is 13.2. The topological polar surface area (TPSA) is 46.3 Å². The van der Waals surface area contributed by atoms with Gasteiger partial charge in [-0.3, -0.25) is 14.4 Å². The number of nitrogens with zero attached hydrogens (tertiary/aromatic N) is 5. The Morgan fingerprint density at radius 1 is 1.07 bits per heavy atom. The molecule has 6 nitrogen and oxygen atoms in total. The van der Waals surface area contributed by atoms with Gasteiger partial charge in [0.1, 0.15) is 0 Å². The lowest BCUT2D eigenvalue weighted by atomic mass is 10.1.